The predicted molar refractivity (Wildman–Crippen MR) is 166 cm³/mol. The van der Waals surface area contributed by atoms with Gasteiger partial charge in [0.15, 0.2) is 0 Å². The first-order valence-electron chi connectivity index (χ1n) is 15.5. The molecule has 3 fully saturated rings. The Labute approximate surface area is 266 Å². The van der Waals surface area contributed by atoms with Crippen molar-refractivity contribution in [1.82, 2.24) is 24.6 Å². The highest BCUT2D eigenvalue weighted by molar-refractivity contribution is 6.76. The van der Waals surface area contributed by atoms with Gasteiger partial charge in [0.1, 0.15) is 12.3 Å². The highest BCUT2D eigenvalue weighted by Crippen LogP contribution is 2.39. The zero-order valence-corrected chi connectivity index (χ0v) is 27.7. The minimum absolute atomic E-state index is 0.0140. The highest BCUT2D eigenvalue weighted by atomic mass is 35.5. The molecule has 45 heavy (non-hydrogen) atoms. The van der Waals surface area contributed by atoms with Crippen molar-refractivity contribution in [3.05, 3.63) is 39.5 Å². The van der Waals surface area contributed by atoms with Crippen LogP contribution in [0.5, 0.6) is 0 Å². The summed E-state index contributed by atoms with van der Waals surface area (Å²) in [6, 6.07) is 0.477. The van der Waals surface area contributed by atoms with E-state index >= 15 is 0 Å². The fraction of sp³-hybridized carbons (Fsp3) is 0.690. The van der Waals surface area contributed by atoms with E-state index in [4.69, 9.17) is 21.1 Å². The summed E-state index contributed by atoms with van der Waals surface area (Å²) in [6.45, 7) is 9.13. The van der Waals surface area contributed by atoms with Crippen molar-refractivity contribution in [3.8, 4) is 0 Å². The van der Waals surface area contributed by atoms with Crippen LogP contribution in [0.4, 0.5) is 24.8 Å². The maximum Gasteiger partial charge on any atom is 0.423 e. The standard InChI is InChI=1S/C29H41ClF3N7O4Si/c1-45(2,3)14-13-43-19-40-27(42)26(29(31,32)33)23(18-36-40)39-8-4-5-22(39)24-7-6-21(44-24)15-25(41)37-9-11-38(12-10-37)28-34-16-20(30)17-35-28/h16-18,21-22,24H,4-15,19H2,1-3H3/t21?,22-,24?/m0/s1. The lowest BCUT2D eigenvalue weighted by molar-refractivity contribution is -0.139. The minimum Gasteiger partial charge on any atom is -0.372 e. The Balaban J connectivity index is 1.19. The first-order chi connectivity index (χ1) is 21.3. The number of hydrogen-bond donors (Lipinski definition) is 0. The average molecular weight is 672 g/mol. The molecular formula is C29H41ClF3N7O4Si. The van der Waals surface area contributed by atoms with Crippen LogP contribution in [0.15, 0.2) is 23.4 Å². The van der Waals surface area contributed by atoms with Gasteiger partial charge in [0.25, 0.3) is 5.56 Å². The lowest BCUT2D eigenvalue weighted by Crippen LogP contribution is -2.49. The van der Waals surface area contributed by atoms with Gasteiger partial charge >= 0.3 is 6.18 Å². The summed E-state index contributed by atoms with van der Waals surface area (Å²) in [5.74, 6) is 0.557. The van der Waals surface area contributed by atoms with E-state index in [9.17, 15) is 22.8 Å². The number of carbonyl (C=O) groups is 1. The summed E-state index contributed by atoms with van der Waals surface area (Å²) in [5, 5.41) is 4.53. The zero-order valence-electron chi connectivity index (χ0n) is 25.9. The molecule has 0 aliphatic carbocycles. The van der Waals surface area contributed by atoms with E-state index in [1.807, 2.05) is 4.90 Å². The second-order valence-corrected chi connectivity index (χ2v) is 19.2. The first kappa shape index (κ1) is 33.6. The molecule has 2 aromatic heterocycles. The smallest absolute Gasteiger partial charge is 0.372 e. The van der Waals surface area contributed by atoms with Crippen molar-refractivity contribution in [2.45, 2.75) is 88.9 Å². The van der Waals surface area contributed by atoms with Gasteiger partial charge in [0, 0.05) is 47.4 Å². The van der Waals surface area contributed by atoms with Crippen molar-refractivity contribution >= 4 is 37.2 Å². The molecule has 5 heterocycles. The molecule has 3 aliphatic heterocycles. The fourth-order valence-corrected chi connectivity index (χ4v) is 7.03. The fourth-order valence-electron chi connectivity index (χ4n) is 6.18. The largest absolute Gasteiger partial charge is 0.423 e. The van der Waals surface area contributed by atoms with Crippen LogP contribution in [-0.2, 0) is 27.2 Å². The third-order valence-corrected chi connectivity index (χ3v) is 10.5. The van der Waals surface area contributed by atoms with Crippen molar-refractivity contribution in [3.63, 3.8) is 0 Å². The molecule has 0 bridgehead atoms. The van der Waals surface area contributed by atoms with Crippen LogP contribution < -0.4 is 15.4 Å². The summed E-state index contributed by atoms with van der Waals surface area (Å²) in [6.07, 6.45) is 1.45. The number of halogens is 4. The second-order valence-electron chi connectivity index (χ2n) is 13.1. The number of nitrogens with zero attached hydrogens (tertiary/aromatic N) is 7. The molecule has 3 aliphatic rings. The first-order valence-corrected chi connectivity index (χ1v) is 19.6. The maximum atomic E-state index is 14.3. The van der Waals surface area contributed by atoms with Gasteiger partial charge < -0.3 is 24.2 Å². The number of ether oxygens (including phenoxy) is 2. The molecule has 16 heteroatoms. The van der Waals surface area contributed by atoms with Gasteiger partial charge in [-0.05, 0) is 31.7 Å². The summed E-state index contributed by atoms with van der Waals surface area (Å²) in [4.78, 5) is 40.1. The summed E-state index contributed by atoms with van der Waals surface area (Å²) in [5.41, 5.74) is -2.66. The molecule has 0 N–H and O–H groups in total. The van der Waals surface area contributed by atoms with Crippen LogP contribution in [0.25, 0.3) is 0 Å². The number of amides is 1. The molecule has 248 valence electrons. The van der Waals surface area contributed by atoms with E-state index in [1.165, 1.54) is 0 Å². The number of anilines is 2. The molecule has 0 saturated carbocycles. The quantitative estimate of drug-likeness (QED) is 0.271. The topological polar surface area (TPSA) is 106 Å². The molecule has 2 unspecified atom stereocenters. The van der Waals surface area contributed by atoms with E-state index in [0.717, 1.165) is 16.9 Å². The van der Waals surface area contributed by atoms with Crippen molar-refractivity contribution in [1.29, 1.82) is 0 Å². The molecule has 1 amide bonds. The Hall–Kier alpha value is -2.75. The van der Waals surface area contributed by atoms with E-state index in [2.05, 4.69) is 34.7 Å². The van der Waals surface area contributed by atoms with E-state index in [1.54, 1.807) is 22.2 Å². The summed E-state index contributed by atoms with van der Waals surface area (Å²) in [7, 11) is -1.40. The van der Waals surface area contributed by atoms with Crippen molar-refractivity contribution < 1.29 is 27.4 Å². The minimum atomic E-state index is -4.86. The second kappa shape index (κ2) is 13.9. The normalized spacial score (nSPS) is 22.8. The molecular weight excluding hydrogens is 631 g/mol. The Kier molecular flexibility index (Phi) is 10.4. The number of aromatic nitrogens is 4. The van der Waals surface area contributed by atoms with Crippen LogP contribution in [-0.4, -0.2) is 96.2 Å². The Morgan fingerprint density at radius 2 is 1.78 bits per heavy atom. The maximum absolute atomic E-state index is 14.3. The third kappa shape index (κ3) is 8.35. The Morgan fingerprint density at radius 3 is 2.44 bits per heavy atom. The van der Waals surface area contributed by atoms with Crippen molar-refractivity contribution in [2.24, 2.45) is 0 Å². The molecule has 5 rings (SSSR count). The Morgan fingerprint density at radius 1 is 1.07 bits per heavy atom. The molecule has 0 aromatic carbocycles. The average Bonchev–Trinajstić information content (AvgIpc) is 3.65. The molecule has 3 saturated heterocycles. The predicted octanol–water partition coefficient (Wildman–Crippen LogP) is 4.27. The van der Waals surface area contributed by atoms with Crippen molar-refractivity contribution in [2.75, 3.05) is 49.1 Å². The number of piperazine rings is 1. The molecule has 11 nitrogen and oxygen atoms in total. The molecule has 0 radical (unpaired) electrons. The molecule has 0 spiro atoms. The zero-order chi connectivity index (χ0) is 32.4. The summed E-state index contributed by atoms with van der Waals surface area (Å²) >= 11 is 5.88. The van der Waals surface area contributed by atoms with Crippen LogP contribution >= 0.6 is 11.6 Å². The van der Waals surface area contributed by atoms with Gasteiger partial charge in [0.05, 0.1) is 54.0 Å². The van der Waals surface area contributed by atoms with Gasteiger partial charge in [-0.15, -0.1) is 0 Å². The monoisotopic (exact) mass is 671 g/mol. The van der Waals surface area contributed by atoms with Crippen LogP contribution in [0.1, 0.15) is 37.7 Å². The SMILES string of the molecule is C[Si](C)(C)CCOCn1ncc(N2CCC[C@H]2C2CCC(CC(=O)N3CCN(c4ncc(Cl)cn4)CC3)O2)c(C(F)(F)F)c1=O. The van der Waals surface area contributed by atoms with Crippen LogP contribution in [0.2, 0.25) is 30.7 Å². The molecule has 2 aromatic rings. The number of carbonyl (C=O) groups excluding carboxylic acids is 1. The number of alkyl halides is 3. The highest BCUT2D eigenvalue weighted by Gasteiger charge is 2.44. The van der Waals surface area contributed by atoms with E-state index in [0.29, 0.717) is 76.0 Å². The van der Waals surface area contributed by atoms with Gasteiger partial charge in [0.2, 0.25) is 11.9 Å². The summed E-state index contributed by atoms with van der Waals surface area (Å²) < 4.78 is 55.5. The van der Waals surface area contributed by atoms with Gasteiger partial charge in [-0.25, -0.2) is 14.6 Å². The van der Waals surface area contributed by atoms with Gasteiger partial charge in [-0.1, -0.05) is 31.2 Å². The van der Waals surface area contributed by atoms with E-state index in [-0.39, 0.29) is 43.0 Å². The Bertz CT molecular complexity index is 1380. The van der Waals surface area contributed by atoms with E-state index < -0.39 is 25.4 Å². The lowest BCUT2D eigenvalue weighted by Gasteiger charge is -2.35. The van der Waals surface area contributed by atoms with Crippen LogP contribution in [0, 0.1) is 0 Å². The lowest BCUT2D eigenvalue weighted by atomic mass is 10.0. The van der Waals surface area contributed by atoms with Gasteiger partial charge in [-0.2, -0.15) is 18.3 Å². The van der Waals surface area contributed by atoms with Gasteiger partial charge in [-0.3, -0.25) is 9.59 Å². The third-order valence-electron chi connectivity index (χ3n) is 8.62. The number of rotatable bonds is 10. The molecule has 3 atom stereocenters. The van der Waals surface area contributed by atoms with Crippen LogP contribution in [0.3, 0.4) is 0 Å². The number of hydrogen-bond acceptors (Lipinski definition) is 9.